The summed E-state index contributed by atoms with van der Waals surface area (Å²) in [4.78, 5) is 12.3. The van der Waals surface area contributed by atoms with Gasteiger partial charge in [0.2, 0.25) is 5.91 Å². The molecule has 1 N–H and O–H groups in total. The third-order valence-electron chi connectivity index (χ3n) is 3.77. The molecule has 2 aromatic carbocycles. The zero-order valence-corrected chi connectivity index (χ0v) is 13.6. The number of hydrogen-bond donors (Lipinski definition) is 1. The molecule has 5 nitrogen and oxygen atoms in total. The van der Waals surface area contributed by atoms with E-state index in [1.54, 1.807) is 6.07 Å². The maximum Gasteiger partial charge on any atom is 0.264 e. The lowest BCUT2D eigenvalue weighted by atomic mass is 10.2. The fourth-order valence-electron chi connectivity index (χ4n) is 2.58. The van der Waals surface area contributed by atoms with Crippen molar-refractivity contribution in [3.05, 3.63) is 53.8 Å². The van der Waals surface area contributed by atoms with Crippen molar-refractivity contribution >= 4 is 27.3 Å². The number of hydrogen-bond acceptors (Lipinski definition) is 3. The van der Waals surface area contributed by atoms with E-state index in [4.69, 9.17) is 0 Å². The number of nitrogens with zero attached hydrogens (tertiary/aromatic N) is 1. The van der Waals surface area contributed by atoms with E-state index in [1.165, 1.54) is 23.1 Å². The molecular weight excluding hydrogens is 357 g/mol. The monoisotopic (exact) mass is 370 g/mol. The van der Waals surface area contributed by atoms with Gasteiger partial charge in [0, 0.05) is 18.7 Å². The summed E-state index contributed by atoms with van der Waals surface area (Å²) < 4.78 is 66.6. The molecule has 0 radical (unpaired) electrons. The predicted octanol–water partition coefficient (Wildman–Crippen LogP) is 3.03. The second kappa shape index (κ2) is 6.40. The van der Waals surface area contributed by atoms with Crippen LogP contribution in [0.4, 0.5) is 24.5 Å². The minimum absolute atomic E-state index is 0.0707. The quantitative estimate of drug-likeness (QED) is 0.842. The Morgan fingerprint density at radius 3 is 2.48 bits per heavy atom. The van der Waals surface area contributed by atoms with E-state index < -0.39 is 32.4 Å². The lowest BCUT2D eigenvalue weighted by Gasteiger charge is -2.17. The number of benzene rings is 2. The average Bonchev–Trinajstić information content (AvgIpc) is 2.98. The standard InChI is InChI=1S/C16H13F3N2O3S/c17-12-6-7-13(16(19)15(12)18)25(23,24)20-10-3-1-4-11(9-10)21-8-2-5-14(21)22/h1,3-4,6-7,9,20H,2,5,8H2. The van der Waals surface area contributed by atoms with Crippen LogP contribution < -0.4 is 9.62 Å². The van der Waals surface area contributed by atoms with Gasteiger partial charge in [0.25, 0.3) is 10.0 Å². The number of rotatable bonds is 4. The molecule has 0 unspecified atom stereocenters. The van der Waals surface area contributed by atoms with Crippen molar-refractivity contribution in [3.8, 4) is 0 Å². The first-order valence-electron chi connectivity index (χ1n) is 7.36. The third kappa shape index (κ3) is 3.32. The van der Waals surface area contributed by atoms with Crippen molar-refractivity contribution in [3.63, 3.8) is 0 Å². The van der Waals surface area contributed by atoms with Crippen LogP contribution in [0, 0.1) is 17.5 Å². The second-order valence-electron chi connectivity index (χ2n) is 5.48. The van der Waals surface area contributed by atoms with E-state index in [9.17, 15) is 26.4 Å². The lowest BCUT2D eigenvalue weighted by molar-refractivity contribution is -0.117. The zero-order chi connectivity index (χ0) is 18.2. The summed E-state index contributed by atoms with van der Waals surface area (Å²) in [5.74, 6) is -5.21. The molecule has 25 heavy (non-hydrogen) atoms. The zero-order valence-electron chi connectivity index (χ0n) is 12.8. The van der Waals surface area contributed by atoms with Gasteiger partial charge >= 0.3 is 0 Å². The molecule has 9 heteroatoms. The van der Waals surface area contributed by atoms with E-state index in [0.717, 1.165) is 0 Å². The van der Waals surface area contributed by atoms with Crippen molar-refractivity contribution in [2.24, 2.45) is 0 Å². The number of halogens is 3. The van der Waals surface area contributed by atoms with Crippen LogP contribution in [0.5, 0.6) is 0 Å². The Balaban J connectivity index is 1.92. The molecule has 0 aliphatic carbocycles. The Morgan fingerprint density at radius 2 is 1.80 bits per heavy atom. The van der Waals surface area contributed by atoms with Gasteiger partial charge in [-0.15, -0.1) is 0 Å². The van der Waals surface area contributed by atoms with Crippen molar-refractivity contribution in [1.29, 1.82) is 0 Å². The van der Waals surface area contributed by atoms with Crippen molar-refractivity contribution in [2.75, 3.05) is 16.2 Å². The average molecular weight is 370 g/mol. The molecule has 1 amide bonds. The fraction of sp³-hybridized carbons (Fsp3) is 0.188. The van der Waals surface area contributed by atoms with Crippen LogP contribution in [-0.2, 0) is 14.8 Å². The number of sulfonamides is 1. The summed E-state index contributed by atoms with van der Waals surface area (Å²) >= 11 is 0. The van der Waals surface area contributed by atoms with Gasteiger partial charge in [-0.3, -0.25) is 9.52 Å². The molecule has 1 aliphatic rings. The summed E-state index contributed by atoms with van der Waals surface area (Å²) in [7, 11) is -4.47. The molecule has 2 aromatic rings. The maximum atomic E-state index is 13.7. The van der Waals surface area contributed by atoms with Crippen LogP contribution in [0.3, 0.4) is 0 Å². The molecule has 1 fully saturated rings. The molecule has 1 aliphatic heterocycles. The van der Waals surface area contributed by atoms with E-state index in [2.05, 4.69) is 4.72 Å². The normalized spacial score (nSPS) is 14.8. The molecule has 0 bridgehead atoms. The molecule has 0 aromatic heterocycles. The SMILES string of the molecule is O=C1CCCN1c1cccc(NS(=O)(=O)c2ccc(F)c(F)c2F)c1. The van der Waals surface area contributed by atoms with Gasteiger partial charge in [0.05, 0.1) is 5.69 Å². The van der Waals surface area contributed by atoms with Gasteiger partial charge < -0.3 is 4.90 Å². The Labute approximate surface area is 142 Å². The third-order valence-corrected chi connectivity index (χ3v) is 5.17. The first-order valence-corrected chi connectivity index (χ1v) is 8.84. The fourth-order valence-corrected chi connectivity index (χ4v) is 3.70. The number of amides is 1. The molecule has 132 valence electrons. The van der Waals surface area contributed by atoms with Crippen LogP contribution in [0.15, 0.2) is 41.3 Å². The van der Waals surface area contributed by atoms with Crippen LogP contribution >= 0.6 is 0 Å². The lowest BCUT2D eigenvalue weighted by Crippen LogP contribution is -2.23. The summed E-state index contributed by atoms with van der Waals surface area (Å²) in [6, 6.07) is 7.16. The maximum absolute atomic E-state index is 13.7. The second-order valence-corrected chi connectivity index (χ2v) is 7.13. The largest absolute Gasteiger partial charge is 0.312 e. The Morgan fingerprint density at radius 1 is 1.04 bits per heavy atom. The Bertz CT molecular complexity index is 948. The van der Waals surface area contributed by atoms with E-state index in [1.807, 2.05) is 0 Å². The molecule has 0 saturated carbocycles. The number of carbonyl (C=O) groups is 1. The number of nitrogens with one attached hydrogen (secondary N) is 1. The van der Waals surface area contributed by atoms with Crippen LogP contribution in [0.1, 0.15) is 12.8 Å². The van der Waals surface area contributed by atoms with Gasteiger partial charge in [0.1, 0.15) is 4.90 Å². The first-order chi connectivity index (χ1) is 11.8. The van der Waals surface area contributed by atoms with Gasteiger partial charge in [-0.2, -0.15) is 0 Å². The minimum atomic E-state index is -4.47. The summed E-state index contributed by atoms with van der Waals surface area (Å²) in [6.45, 7) is 0.521. The van der Waals surface area contributed by atoms with Gasteiger partial charge in [-0.25, -0.2) is 21.6 Å². The molecule has 0 atom stereocenters. The molecule has 3 rings (SSSR count). The first kappa shape index (κ1) is 17.3. The van der Waals surface area contributed by atoms with E-state index >= 15 is 0 Å². The summed E-state index contributed by atoms with van der Waals surface area (Å²) in [6.07, 6.45) is 1.12. The Hall–Kier alpha value is -2.55. The smallest absolute Gasteiger partial charge is 0.264 e. The molecule has 1 saturated heterocycles. The van der Waals surface area contributed by atoms with Crippen LogP contribution in [0.2, 0.25) is 0 Å². The van der Waals surface area contributed by atoms with Crippen LogP contribution in [-0.4, -0.2) is 20.9 Å². The predicted molar refractivity (Wildman–Crippen MR) is 85.2 cm³/mol. The highest BCUT2D eigenvalue weighted by Crippen LogP contribution is 2.27. The topological polar surface area (TPSA) is 66.5 Å². The Kier molecular flexibility index (Phi) is 4.42. The number of carbonyl (C=O) groups excluding carboxylic acids is 1. The molecular formula is C16H13F3N2O3S. The summed E-state index contributed by atoms with van der Waals surface area (Å²) in [5.41, 5.74) is 0.565. The highest BCUT2D eigenvalue weighted by atomic mass is 32.2. The van der Waals surface area contributed by atoms with Crippen molar-refractivity contribution in [2.45, 2.75) is 17.7 Å². The van der Waals surface area contributed by atoms with Gasteiger partial charge in [-0.1, -0.05) is 6.07 Å². The summed E-state index contributed by atoms with van der Waals surface area (Å²) in [5, 5.41) is 0. The van der Waals surface area contributed by atoms with Crippen molar-refractivity contribution < 1.29 is 26.4 Å². The van der Waals surface area contributed by atoms with Crippen molar-refractivity contribution in [1.82, 2.24) is 0 Å². The van der Waals surface area contributed by atoms with Crippen LogP contribution in [0.25, 0.3) is 0 Å². The highest BCUT2D eigenvalue weighted by Gasteiger charge is 2.25. The number of anilines is 2. The van der Waals surface area contributed by atoms with Gasteiger partial charge in [-0.05, 0) is 36.8 Å². The van der Waals surface area contributed by atoms with E-state index in [0.29, 0.717) is 37.2 Å². The molecule has 1 heterocycles. The minimum Gasteiger partial charge on any atom is -0.312 e. The van der Waals surface area contributed by atoms with E-state index in [-0.39, 0.29) is 11.6 Å². The van der Waals surface area contributed by atoms with Gasteiger partial charge in [0.15, 0.2) is 17.5 Å². The molecule has 0 spiro atoms. The highest BCUT2D eigenvalue weighted by molar-refractivity contribution is 7.92.